The number of carbonyl (C=O) groups is 1. The zero-order valence-corrected chi connectivity index (χ0v) is 15.5. The van der Waals surface area contributed by atoms with Crippen LogP contribution in [0.25, 0.3) is 5.69 Å². The van der Waals surface area contributed by atoms with Crippen LogP contribution < -0.4 is 10.1 Å². The lowest BCUT2D eigenvalue weighted by Gasteiger charge is -2.08. The Morgan fingerprint density at radius 1 is 1.07 bits per heavy atom. The molecule has 0 aliphatic heterocycles. The van der Waals surface area contributed by atoms with E-state index in [0.717, 1.165) is 37.1 Å². The third-order valence-electron chi connectivity index (χ3n) is 4.61. The second kappa shape index (κ2) is 7.23. The van der Waals surface area contributed by atoms with Crippen LogP contribution in [0.1, 0.15) is 35.0 Å². The lowest BCUT2D eigenvalue weighted by molar-refractivity contribution is -0.274. The van der Waals surface area contributed by atoms with E-state index >= 15 is 0 Å². The number of rotatable bonds is 5. The molecule has 3 aromatic rings. The highest BCUT2D eigenvalue weighted by atomic mass is 19.4. The average Bonchev–Trinajstić information content (AvgIpc) is 3.27. The highest BCUT2D eigenvalue weighted by molar-refractivity contribution is 5.97. The highest BCUT2D eigenvalue weighted by Gasteiger charge is 2.31. The van der Waals surface area contributed by atoms with Gasteiger partial charge in [0.1, 0.15) is 5.75 Å². The van der Waals surface area contributed by atoms with Gasteiger partial charge in [-0.15, -0.1) is 28.2 Å². The zero-order valence-electron chi connectivity index (χ0n) is 15.5. The molecule has 2 aromatic carbocycles. The van der Waals surface area contributed by atoms with Crippen molar-refractivity contribution in [2.45, 2.75) is 32.5 Å². The summed E-state index contributed by atoms with van der Waals surface area (Å²) >= 11 is 0. The van der Waals surface area contributed by atoms with Gasteiger partial charge in [0.15, 0.2) is 17.3 Å². The summed E-state index contributed by atoms with van der Waals surface area (Å²) in [5.74, 6) is -0.348. The van der Waals surface area contributed by atoms with Crippen LogP contribution >= 0.6 is 0 Å². The molecule has 0 spiro atoms. The molecular weight excluding hydrogens is 385 g/mol. The molecule has 0 atom stereocenters. The van der Waals surface area contributed by atoms with Crippen LogP contribution in [-0.2, 0) is 12.8 Å². The number of aromatic nitrogens is 3. The fraction of sp³-hybridized carbons (Fsp3) is 0.250. The Morgan fingerprint density at radius 2 is 1.79 bits per heavy atom. The smallest absolute Gasteiger partial charge is 0.406 e. The Balaban J connectivity index is 1.60. The molecule has 0 fully saturated rings. The molecule has 6 nitrogen and oxygen atoms in total. The Kier molecular flexibility index (Phi) is 4.73. The van der Waals surface area contributed by atoms with Gasteiger partial charge in [0.05, 0.1) is 5.69 Å². The van der Waals surface area contributed by atoms with Gasteiger partial charge in [-0.2, -0.15) is 0 Å². The summed E-state index contributed by atoms with van der Waals surface area (Å²) in [5.41, 5.74) is 3.93. The van der Waals surface area contributed by atoms with E-state index in [-0.39, 0.29) is 23.0 Å². The number of benzene rings is 2. The number of Topliss-reactive ketones (excluding diaryl/α,β-unsaturated/α-hetero) is 1. The molecule has 1 aromatic heterocycles. The average molecular weight is 402 g/mol. The van der Waals surface area contributed by atoms with E-state index in [0.29, 0.717) is 5.69 Å². The molecule has 0 saturated heterocycles. The summed E-state index contributed by atoms with van der Waals surface area (Å²) in [4.78, 5) is 13.2. The van der Waals surface area contributed by atoms with E-state index in [4.69, 9.17) is 0 Å². The zero-order chi connectivity index (χ0) is 20.6. The molecule has 0 bridgehead atoms. The number of alkyl halides is 3. The first-order valence-corrected chi connectivity index (χ1v) is 9.02. The summed E-state index contributed by atoms with van der Waals surface area (Å²) in [6, 6.07) is 11.1. The van der Waals surface area contributed by atoms with Gasteiger partial charge < -0.3 is 10.1 Å². The first-order valence-electron chi connectivity index (χ1n) is 9.02. The van der Waals surface area contributed by atoms with Gasteiger partial charge in [0.25, 0.3) is 0 Å². The lowest BCUT2D eigenvalue weighted by atomic mass is 10.1. The predicted octanol–water partition coefficient (Wildman–Crippen LogP) is 4.60. The number of nitrogens with zero attached hydrogens (tertiary/aromatic N) is 3. The Hall–Kier alpha value is -3.36. The number of halogens is 3. The number of nitrogens with one attached hydrogen (secondary N) is 1. The summed E-state index contributed by atoms with van der Waals surface area (Å²) in [7, 11) is 0. The molecule has 1 N–H and O–H groups in total. The van der Waals surface area contributed by atoms with Crippen LogP contribution in [0.3, 0.4) is 0 Å². The van der Waals surface area contributed by atoms with Crippen molar-refractivity contribution in [3.05, 3.63) is 59.3 Å². The standard InChI is InChI=1S/C20H17F3N4O2/c1-12(28)18-19(24-15-6-5-13-3-2-4-14(13)11-15)26-27(25-18)16-7-9-17(10-8-16)29-20(21,22)23/h5-11H,2-4H2,1H3,(H,24,26). The molecule has 1 aliphatic rings. The van der Waals surface area contributed by atoms with E-state index in [1.165, 1.54) is 35.0 Å². The van der Waals surface area contributed by atoms with Gasteiger partial charge in [-0.25, -0.2) is 0 Å². The lowest BCUT2D eigenvalue weighted by Crippen LogP contribution is -2.17. The minimum atomic E-state index is -4.76. The molecule has 1 aliphatic carbocycles. The van der Waals surface area contributed by atoms with Crippen molar-refractivity contribution in [3.8, 4) is 11.4 Å². The van der Waals surface area contributed by atoms with E-state index in [1.54, 1.807) is 0 Å². The fourth-order valence-corrected chi connectivity index (χ4v) is 3.31. The highest BCUT2D eigenvalue weighted by Crippen LogP contribution is 2.28. The number of ether oxygens (including phenoxy) is 1. The van der Waals surface area contributed by atoms with Crippen molar-refractivity contribution in [3.63, 3.8) is 0 Å². The summed E-state index contributed by atoms with van der Waals surface area (Å²) in [6.07, 6.45) is -1.55. The quantitative estimate of drug-likeness (QED) is 0.632. The number of aryl methyl sites for hydroxylation is 2. The van der Waals surface area contributed by atoms with Crippen molar-refractivity contribution in [1.82, 2.24) is 15.0 Å². The van der Waals surface area contributed by atoms with Gasteiger partial charge in [0, 0.05) is 12.6 Å². The van der Waals surface area contributed by atoms with E-state index in [9.17, 15) is 18.0 Å². The van der Waals surface area contributed by atoms with E-state index in [2.05, 4.69) is 26.3 Å². The van der Waals surface area contributed by atoms with Crippen LogP contribution in [0, 0.1) is 0 Å². The largest absolute Gasteiger partial charge is 0.573 e. The van der Waals surface area contributed by atoms with Crippen molar-refractivity contribution in [1.29, 1.82) is 0 Å². The second-order valence-electron chi connectivity index (χ2n) is 6.75. The van der Waals surface area contributed by atoms with E-state index < -0.39 is 6.36 Å². The number of hydrogen-bond donors (Lipinski definition) is 1. The van der Waals surface area contributed by atoms with Gasteiger partial charge in [-0.3, -0.25) is 4.79 Å². The van der Waals surface area contributed by atoms with Gasteiger partial charge >= 0.3 is 6.36 Å². The second-order valence-corrected chi connectivity index (χ2v) is 6.75. The van der Waals surface area contributed by atoms with Crippen LogP contribution in [0.5, 0.6) is 5.75 Å². The van der Waals surface area contributed by atoms with Crippen molar-refractivity contribution >= 4 is 17.3 Å². The number of anilines is 2. The molecule has 1 heterocycles. The first kappa shape index (κ1) is 19.0. The summed E-state index contributed by atoms with van der Waals surface area (Å²) in [5, 5.41) is 11.6. The third-order valence-corrected chi connectivity index (χ3v) is 4.61. The summed E-state index contributed by atoms with van der Waals surface area (Å²) < 4.78 is 40.8. The number of fused-ring (bicyclic) bond motifs is 1. The number of carbonyl (C=O) groups excluding carboxylic acids is 1. The Morgan fingerprint density at radius 3 is 2.48 bits per heavy atom. The molecule has 0 radical (unpaired) electrons. The number of hydrogen-bond acceptors (Lipinski definition) is 5. The maximum Gasteiger partial charge on any atom is 0.573 e. The van der Waals surface area contributed by atoms with Crippen molar-refractivity contribution in [2.75, 3.05) is 5.32 Å². The molecule has 0 saturated carbocycles. The van der Waals surface area contributed by atoms with Crippen molar-refractivity contribution < 1.29 is 22.7 Å². The van der Waals surface area contributed by atoms with Crippen LogP contribution in [0.2, 0.25) is 0 Å². The summed E-state index contributed by atoms with van der Waals surface area (Å²) in [6.45, 7) is 1.38. The molecule has 9 heteroatoms. The maximum absolute atomic E-state index is 12.3. The maximum atomic E-state index is 12.3. The molecule has 4 rings (SSSR count). The molecule has 150 valence electrons. The molecule has 0 amide bonds. The monoisotopic (exact) mass is 402 g/mol. The SMILES string of the molecule is CC(=O)c1nn(-c2ccc(OC(F)(F)F)cc2)nc1Nc1ccc2c(c1)CCC2. The topological polar surface area (TPSA) is 69.0 Å². The van der Waals surface area contributed by atoms with Crippen LogP contribution in [-0.4, -0.2) is 27.1 Å². The fourth-order valence-electron chi connectivity index (χ4n) is 3.31. The van der Waals surface area contributed by atoms with Crippen LogP contribution in [0.15, 0.2) is 42.5 Å². The molecular formula is C20H17F3N4O2. The molecule has 0 unspecified atom stereocenters. The van der Waals surface area contributed by atoms with Gasteiger partial charge in [0.2, 0.25) is 0 Å². The van der Waals surface area contributed by atoms with Gasteiger partial charge in [-0.1, -0.05) is 6.07 Å². The normalized spacial score (nSPS) is 13.2. The van der Waals surface area contributed by atoms with Gasteiger partial charge in [-0.05, 0) is 66.8 Å². The minimum absolute atomic E-state index is 0.140. The molecule has 29 heavy (non-hydrogen) atoms. The van der Waals surface area contributed by atoms with Crippen molar-refractivity contribution in [2.24, 2.45) is 0 Å². The minimum Gasteiger partial charge on any atom is -0.406 e. The van der Waals surface area contributed by atoms with Crippen LogP contribution in [0.4, 0.5) is 24.7 Å². The third kappa shape index (κ3) is 4.23. The van der Waals surface area contributed by atoms with E-state index in [1.807, 2.05) is 12.1 Å². The Labute approximate surface area is 164 Å². The number of ketones is 1. The Bertz CT molecular complexity index is 1060. The predicted molar refractivity (Wildman–Crippen MR) is 99.8 cm³/mol. The first-order chi connectivity index (χ1) is 13.8.